The van der Waals surface area contributed by atoms with Crippen LogP contribution in [0.5, 0.6) is 0 Å². The van der Waals surface area contributed by atoms with Gasteiger partial charge in [0.2, 0.25) is 5.91 Å². The van der Waals surface area contributed by atoms with Gasteiger partial charge in [-0.05, 0) is 61.6 Å². The van der Waals surface area contributed by atoms with Crippen LogP contribution in [0.2, 0.25) is 5.02 Å². The third kappa shape index (κ3) is 6.35. The van der Waals surface area contributed by atoms with Crippen molar-refractivity contribution in [3.05, 3.63) is 82.0 Å². The molecule has 1 aliphatic rings. The molecule has 4 rings (SSSR count). The van der Waals surface area contributed by atoms with Crippen molar-refractivity contribution in [3.8, 4) is 11.1 Å². The van der Waals surface area contributed by atoms with E-state index in [1.165, 1.54) is 23.5 Å². The van der Waals surface area contributed by atoms with Crippen molar-refractivity contribution in [1.82, 2.24) is 9.88 Å². The molecule has 0 saturated carbocycles. The molecule has 5 nitrogen and oxygen atoms in total. The second-order valence-corrected chi connectivity index (χ2v) is 9.88. The van der Waals surface area contributed by atoms with Crippen molar-refractivity contribution in [3.63, 3.8) is 0 Å². The van der Waals surface area contributed by atoms with E-state index in [2.05, 4.69) is 16.9 Å². The lowest BCUT2D eigenvalue weighted by Gasteiger charge is -2.31. The Morgan fingerprint density at radius 3 is 2.66 bits per heavy atom. The molecule has 0 aliphatic carbocycles. The Morgan fingerprint density at radius 1 is 1.20 bits per heavy atom. The molecule has 1 fully saturated rings. The van der Waals surface area contributed by atoms with Crippen molar-refractivity contribution < 1.29 is 14.0 Å². The number of allylic oxidation sites excluding steroid dienone is 1. The van der Waals surface area contributed by atoms with E-state index in [1.54, 1.807) is 35.7 Å². The Hall–Kier alpha value is -3.03. The van der Waals surface area contributed by atoms with Gasteiger partial charge in [0, 0.05) is 47.1 Å². The van der Waals surface area contributed by atoms with Crippen molar-refractivity contribution in [1.29, 1.82) is 0 Å². The van der Waals surface area contributed by atoms with Crippen LogP contribution in [0.4, 0.5) is 10.1 Å². The highest BCUT2D eigenvalue weighted by Gasteiger charge is 2.26. The number of hydrogen-bond acceptors (Lipinski definition) is 4. The number of thiazole rings is 1. The molecule has 1 aromatic heterocycles. The van der Waals surface area contributed by atoms with Crippen LogP contribution in [-0.4, -0.2) is 34.8 Å². The predicted molar refractivity (Wildman–Crippen MR) is 140 cm³/mol. The first-order valence-corrected chi connectivity index (χ1v) is 12.9. The van der Waals surface area contributed by atoms with Crippen LogP contribution in [0, 0.1) is 5.82 Å². The van der Waals surface area contributed by atoms with Crippen LogP contribution >= 0.6 is 22.9 Å². The molecule has 2 amide bonds. The van der Waals surface area contributed by atoms with Crippen LogP contribution in [0.3, 0.4) is 0 Å². The zero-order valence-electron chi connectivity index (χ0n) is 19.3. The second kappa shape index (κ2) is 11.6. The summed E-state index contributed by atoms with van der Waals surface area (Å²) in [6, 6.07) is 11.3. The number of halogens is 2. The molecular weight excluding hydrogens is 485 g/mol. The molecule has 1 N–H and O–H groups in total. The van der Waals surface area contributed by atoms with E-state index in [9.17, 15) is 14.0 Å². The van der Waals surface area contributed by atoms with Gasteiger partial charge in [0.25, 0.3) is 5.91 Å². The Balaban J connectivity index is 1.40. The van der Waals surface area contributed by atoms with Gasteiger partial charge >= 0.3 is 0 Å². The first-order valence-electron chi connectivity index (χ1n) is 11.7. The van der Waals surface area contributed by atoms with Crippen LogP contribution in [0.15, 0.2) is 60.5 Å². The summed E-state index contributed by atoms with van der Waals surface area (Å²) in [5.74, 6) is -0.312. The van der Waals surface area contributed by atoms with Crippen molar-refractivity contribution in [2.45, 2.75) is 38.0 Å². The highest BCUT2D eigenvalue weighted by molar-refractivity contribution is 7.10. The number of anilines is 1. The van der Waals surface area contributed by atoms with Crippen LogP contribution < -0.4 is 5.32 Å². The second-order valence-electron chi connectivity index (χ2n) is 8.56. The number of benzene rings is 2. The molecule has 8 heteroatoms. The molecule has 2 heterocycles. The first kappa shape index (κ1) is 25.1. The quantitative estimate of drug-likeness (QED) is 0.264. The van der Waals surface area contributed by atoms with E-state index in [-0.39, 0.29) is 17.7 Å². The number of aromatic nitrogens is 1. The third-order valence-electron chi connectivity index (χ3n) is 6.14. The molecule has 0 bridgehead atoms. The topological polar surface area (TPSA) is 62.3 Å². The molecule has 0 spiro atoms. The van der Waals surface area contributed by atoms with E-state index in [0.29, 0.717) is 41.5 Å². The van der Waals surface area contributed by atoms with Gasteiger partial charge in [-0.15, -0.1) is 17.9 Å². The normalized spacial score (nSPS) is 14.1. The molecule has 35 heavy (non-hydrogen) atoms. The summed E-state index contributed by atoms with van der Waals surface area (Å²) in [4.78, 5) is 31.8. The Bertz CT molecular complexity index is 1200. The average molecular weight is 512 g/mol. The zero-order chi connectivity index (χ0) is 24.8. The molecule has 1 saturated heterocycles. The van der Waals surface area contributed by atoms with Crippen molar-refractivity contribution in [2.24, 2.45) is 0 Å². The van der Waals surface area contributed by atoms with E-state index in [0.717, 1.165) is 36.3 Å². The van der Waals surface area contributed by atoms with Gasteiger partial charge < -0.3 is 10.2 Å². The first-order chi connectivity index (χ1) is 16.9. The number of nitrogens with one attached hydrogen (secondary N) is 1. The van der Waals surface area contributed by atoms with E-state index < -0.39 is 5.82 Å². The highest BCUT2D eigenvalue weighted by atomic mass is 35.5. The standard InChI is InChI=1S/C27H27ClFN3O2S/c1-2-3-4-5-25(33)32-14-12-19(13-15-32)27-31-24(17-35-27)26(34)30-23-11-10-21(29)16-22(23)18-6-8-20(28)9-7-18/h2,6-11,16-17,19H,1,3-5,12-15H2,(H,30,34). The van der Waals surface area contributed by atoms with Crippen molar-refractivity contribution in [2.75, 3.05) is 18.4 Å². The van der Waals surface area contributed by atoms with Gasteiger partial charge in [-0.1, -0.05) is 29.8 Å². The molecule has 0 unspecified atom stereocenters. The number of unbranched alkanes of at least 4 members (excludes halogenated alkanes) is 1. The Kier molecular flexibility index (Phi) is 8.31. The van der Waals surface area contributed by atoms with E-state index >= 15 is 0 Å². The summed E-state index contributed by atoms with van der Waals surface area (Å²) in [5.41, 5.74) is 2.14. The largest absolute Gasteiger partial charge is 0.343 e. The van der Waals surface area contributed by atoms with Gasteiger partial charge in [0.1, 0.15) is 11.5 Å². The molecular formula is C27H27ClFN3O2S. The average Bonchev–Trinajstić information content (AvgIpc) is 3.36. The minimum atomic E-state index is -0.394. The van der Waals surface area contributed by atoms with Gasteiger partial charge in [-0.25, -0.2) is 9.37 Å². The summed E-state index contributed by atoms with van der Waals surface area (Å²) in [5, 5.41) is 6.11. The molecule has 2 aromatic carbocycles. The fraction of sp³-hybridized carbons (Fsp3) is 0.296. The summed E-state index contributed by atoms with van der Waals surface area (Å²) >= 11 is 7.44. The number of rotatable bonds is 8. The van der Waals surface area contributed by atoms with Crippen LogP contribution in [0.1, 0.15) is 53.5 Å². The van der Waals surface area contributed by atoms with Gasteiger partial charge in [0.15, 0.2) is 0 Å². The molecule has 0 atom stereocenters. The smallest absolute Gasteiger partial charge is 0.275 e. The SMILES string of the molecule is C=CCCCC(=O)N1CCC(c2nc(C(=O)Nc3ccc(F)cc3-c3ccc(Cl)cc3)cs2)CC1. The Labute approximate surface area is 213 Å². The number of likely N-dealkylation sites (tertiary alicyclic amines) is 1. The number of carbonyl (C=O) groups is 2. The van der Waals surface area contributed by atoms with Gasteiger partial charge in [-0.3, -0.25) is 9.59 Å². The minimum Gasteiger partial charge on any atom is -0.343 e. The molecule has 1 aliphatic heterocycles. The highest BCUT2D eigenvalue weighted by Crippen LogP contribution is 2.32. The summed E-state index contributed by atoms with van der Waals surface area (Å²) in [6.45, 7) is 5.11. The summed E-state index contributed by atoms with van der Waals surface area (Å²) < 4.78 is 14.0. The summed E-state index contributed by atoms with van der Waals surface area (Å²) in [7, 11) is 0. The van der Waals surface area contributed by atoms with E-state index in [1.807, 2.05) is 11.0 Å². The molecule has 182 valence electrons. The zero-order valence-corrected chi connectivity index (χ0v) is 20.9. The minimum absolute atomic E-state index is 0.195. The van der Waals surface area contributed by atoms with Crippen LogP contribution in [-0.2, 0) is 4.79 Å². The monoisotopic (exact) mass is 511 g/mol. The number of carbonyl (C=O) groups excluding carboxylic acids is 2. The number of nitrogens with zero attached hydrogens (tertiary/aromatic N) is 2. The maximum Gasteiger partial charge on any atom is 0.275 e. The van der Waals surface area contributed by atoms with E-state index in [4.69, 9.17) is 11.6 Å². The maximum atomic E-state index is 14.0. The predicted octanol–water partition coefficient (Wildman–Crippen LogP) is 6.92. The fourth-order valence-electron chi connectivity index (χ4n) is 4.19. The number of hydrogen-bond donors (Lipinski definition) is 1. The van der Waals surface area contributed by atoms with Crippen LogP contribution in [0.25, 0.3) is 11.1 Å². The van der Waals surface area contributed by atoms with Gasteiger partial charge in [-0.2, -0.15) is 0 Å². The summed E-state index contributed by atoms with van der Waals surface area (Å²) in [6.07, 6.45) is 5.75. The molecule has 3 aromatic rings. The fourth-order valence-corrected chi connectivity index (χ4v) is 5.29. The molecule has 0 radical (unpaired) electrons. The van der Waals surface area contributed by atoms with Gasteiger partial charge in [0.05, 0.1) is 5.01 Å². The number of piperidine rings is 1. The lowest BCUT2D eigenvalue weighted by molar-refractivity contribution is -0.132. The maximum absolute atomic E-state index is 14.0. The van der Waals surface area contributed by atoms with Crippen molar-refractivity contribution >= 4 is 40.4 Å². The lowest BCUT2D eigenvalue weighted by Crippen LogP contribution is -2.37. The Morgan fingerprint density at radius 2 is 1.94 bits per heavy atom. The lowest BCUT2D eigenvalue weighted by atomic mass is 9.97. The number of amides is 2. The third-order valence-corrected chi connectivity index (χ3v) is 7.39.